The largest absolute Gasteiger partial charge is 0.484 e. The van der Waals surface area contributed by atoms with Crippen molar-refractivity contribution >= 4 is 34.3 Å². The molecule has 1 heterocycles. The Hall–Kier alpha value is -3.31. The van der Waals surface area contributed by atoms with E-state index in [9.17, 15) is 4.79 Å². The number of carbonyl (C=O) groups is 1. The van der Waals surface area contributed by atoms with E-state index in [2.05, 4.69) is 24.1 Å². The Labute approximate surface area is 179 Å². The van der Waals surface area contributed by atoms with Gasteiger partial charge in [0.15, 0.2) is 12.2 Å². The van der Waals surface area contributed by atoms with Crippen LogP contribution in [0.15, 0.2) is 71.1 Å². The van der Waals surface area contributed by atoms with Crippen LogP contribution in [-0.2, 0) is 4.79 Å². The summed E-state index contributed by atoms with van der Waals surface area (Å²) in [5.74, 6) is 1.24. The first-order valence-corrected chi connectivity index (χ1v) is 10.1. The third-order valence-electron chi connectivity index (χ3n) is 4.70. The van der Waals surface area contributed by atoms with Gasteiger partial charge >= 0.3 is 0 Å². The van der Waals surface area contributed by atoms with Gasteiger partial charge in [-0.2, -0.15) is 0 Å². The number of aromatic nitrogens is 1. The van der Waals surface area contributed by atoms with Crippen LogP contribution in [0, 0.1) is 0 Å². The summed E-state index contributed by atoms with van der Waals surface area (Å²) in [4.78, 5) is 16.8. The lowest BCUT2D eigenvalue weighted by atomic mass is 10.0. The van der Waals surface area contributed by atoms with Crippen molar-refractivity contribution in [3.05, 3.63) is 77.3 Å². The fourth-order valence-electron chi connectivity index (χ4n) is 3.03. The molecule has 1 aromatic heterocycles. The second-order valence-corrected chi connectivity index (χ2v) is 7.65. The Kier molecular flexibility index (Phi) is 5.72. The number of anilines is 1. The number of hydrogen-bond acceptors (Lipinski definition) is 4. The standard InChI is InChI=1S/C24H21ClN2O3/c1-15(2)16-7-10-18(11-8-16)29-14-23(28)26-21-13-17(9-12-19(21)25)24-27-20-5-3-4-6-22(20)30-24/h3-13,15H,14H2,1-2H3,(H,26,28). The van der Waals surface area contributed by atoms with E-state index in [0.717, 1.165) is 11.1 Å². The monoisotopic (exact) mass is 420 g/mol. The first-order chi connectivity index (χ1) is 14.5. The number of amides is 1. The molecule has 4 aromatic rings. The third-order valence-corrected chi connectivity index (χ3v) is 5.03. The van der Waals surface area contributed by atoms with Crippen molar-refractivity contribution in [2.75, 3.05) is 11.9 Å². The Bertz CT molecular complexity index is 1150. The topological polar surface area (TPSA) is 64.4 Å². The molecule has 1 N–H and O–H groups in total. The van der Waals surface area contributed by atoms with Crippen LogP contribution < -0.4 is 10.1 Å². The molecule has 152 valence electrons. The van der Waals surface area contributed by atoms with E-state index in [1.165, 1.54) is 5.56 Å². The van der Waals surface area contributed by atoms with Gasteiger partial charge in [0.25, 0.3) is 5.91 Å². The van der Waals surface area contributed by atoms with Crippen molar-refractivity contribution < 1.29 is 13.9 Å². The molecule has 5 nitrogen and oxygen atoms in total. The molecule has 0 saturated heterocycles. The van der Waals surface area contributed by atoms with Crippen LogP contribution >= 0.6 is 11.6 Å². The summed E-state index contributed by atoms with van der Waals surface area (Å²) in [5, 5.41) is 3.21. The van der Waals surface area contributed by atoms with Crippen LogP contribution in [0.1, 0.15) is 25.3 Å². The lowest BCUT2D eigenvalue weighted by Gasteiger charge is -2.11. The molecule has 4 rings (SSSR count). The van der Waals surface area contributed by atoms with E-state index in [1.54, 1.807) is 18.2 Å². The molecule has 0 fully saturated rings. The first-order valence-electron chi connectivity index (χ1n) is 9.68. The maximum absolute atomic E-state index is 12.4. The van der Waals surface area contributed by atoms with Gasteiger partial charge in [0.1, 0.15) is 11.3 Å². The predicted octanol–water partition coefficient (Wildman–Crippen LogP) is 6.29. The van der Waals surface area contributed by atoms with Gasteiger partial charge in [-0.15, -0.1) is 0 Å². The molecule has 1 amide bonds. The van der Waals surface area contributed by atoms with Crippen molar-refractivity contribution in [2.45, 2.75) is 19.8 Å². The van der Waals surface area contributed by atoms with E-state index in [1.807, 2.05) is 48.5 Å². The molecule has 3 aromatic carbocycles. The van der Waals surface area contributed by atoms with Gasteiger partial charge in [-0.25, -0.2) is 4.98 Å². The zero-order chi connectivity index (χ0) is 21.1. The highest BCUT2D eigenvalue weighted by atomic mass is 35.5. The number of rotatable bonds is 6. The number of halogens is 1. The Balaban J connectivity index is 1.44. The number of ether oxygens (including phenoxy) is 1. The van der Waals surface area contributed by atoms with Gasteiger partial charge in [-0.1, -0.05) is 49.7 Å². The third kappa shape index (κ3) is 4.47. The van der Waals surface area contributed by atoms with Crippen molar-refractivity contribution in [1.82, 2.24) is 4.98 Å². The highest BCUT2D eigenvalue weighted by molar-refractivity contribution is 6.33. The number of nitrogens with zero attached hydrogens (tertiary/aromatic N) is 1. The summed E-state index contributed by atoms with van der Waals surface area (Å²) >= 11 is 6.26. The van der Waals surface area contributed by atoms with E-state index < -0.39 is 0 Å². The minimum absolute atomic E-state index is 0.121. The molecular formula is C24H21ClN2O3. The number of benzene rings is 3. The van der Waals surface area contributed by atoms with Crippen LogP contribution in [0.2, 0.25) is 5.02 Å². The summed E-state index contributed by atoms with van der Waals surface area (Å²) < 4.78 is 11.4. The molecule has 0 unspecified atom stereocenters. The first kappa shape index (κ1) is 20.0. The average molecular weight is 421 g/mol. The van der Waals surface area contributed by atoms with Crippen LogP contribution in [0.4, 0.5) is 5.69 Å². The molecule has 0 aliphatic rings. The number of fused-ring (bicyclic) bond motifs is 1. The van der Waals surface area contributed by atoms with Gasteiger partial charge in [-0.3, -0.25) is 4.79 Å². The highest BCUT2D eigenvalue weighted by Gasteiger charge is 2.12. The van der Waals surface area contributed by atoms with Gasteiger partial charge in [0, 0.05) is 5.56 Å². The smallest absolute Gasteiger partial charge is 0.262 e. The van der Waals surface area contributed by atoms with Crippen LogP contribution in [-0.4, -0.2) is 17.5 Å². The Morgan fingerprint density at radius 1 is 1.10 bits per heavy atom. The molecule has 0 saturated carbocycles. The molecule has 30 heavy (non-hydrogen) atoms. The number of para-hydroxylation sites is 2. The number of hydrogen-bond donors (Lipinski definition) is 1. The molecule has 0 atom stereocenters. The van der Waals surface area contributed by atoms with Crippen LogP contribution in [0.3, 0.4) is 0 Å². The zero-order valence-electron chi connectivity index (χ0n) is 16.7. The van der Waals surface area contributed by atoms with Gasteiger partial charge in [0.2, 0.25) is 5.89 Å². The Morgan fingerprint density at radius 3 is 2.60 bits per heavy atom. The predicted molar refractivity (Wildman–Crippen MR) is 119 cm³/mol. The van der Waals surface area contributed by atoms with Crippen molar-refractivity contribution in [2.24, 2.45) is 0 Å². The fraction of sp³-hybridized carbons (Fsp3) is 0.167. The molecule has 6 heteroatoms. The van der Waals surface area contributed by atoms with Gasteiger partial charge in [0.05, 0.1) is 10.7 Å². The minimum Gasteiger partial charge on any atom is -0.484 e. The summed E-state index contributed by atoms with van der Waals surface area (Å²) in [6.45, 7) is 4.13. The SMILES string of the molecule is CC(C)c1ccc(OCC(=O)Nc2cc(-c3nc4ccccc4o3)ccc2Cl)cc1. The van der Waals surface area contributed by atoms with Crippen molar-refractivity contribution in [3.63, 3.8) is 0 Å². The lowest BCUT2D eigenvalue weighted by molar-refractivity contribution is -0.118. The van der Waals surface area contributed by atoms with E-state index in [0.29, 0.717) is 33.9 Å². The summed E-state index contributed by atoms with van der Waals surface area (Å²) in [5.41, 5.74) is 3.88. The molecule has 0 bridgehead atoms. The average Bonchev–Trinajstić information content (AvgIpc) is 3.18. The van der Waals surface area contributed by atoms with E-state index in [-0.39, 0.29) is 12.5 Å². The van der Waals surface area contributed by atoms with E-state index in [4.69, 9.17) is 20.8 Å². The normalized spacial score (nSPS) is 11.1. The molecule has 0 aliphatic heterocycles. The molecule has 0 spiro atoms. The van der Waals surface area contributed by atoms with Crippen molar-refractivity contribution in [3.8, 4) is 17.2 Å². The quantitative estimate of drug-likeness (QED) is 0.398. The van der Waals surface area contributed by atoms with E-state index >= 15 is 0 Å². The molecular weight excluding hydrogens is 400 g/mol. The van der Waals surface area contributed by atoms with Crippen LogP contribution in [0.25, 0.3) is 22.6 Å². The highest BCUT2D eigenvalue weighted by Crippen LogP contribution is 2.30. The summed E-state index contributed by atoms with van der Waals surface area (Å²) in [6.07, 6.45) is 0. The van der Waals surface area contributed by atoms with Crippen molar-refractivity contribution in [1.29, 1.82) is 0 Å². The maximum Gasteiger partial charge on any atom is 0.262 e. The number of oxazole rings is 1. The minimum atomic E-state index is -0.306. The molecule has 0 radical (unpaired) electrons. The molecule has 0 aliphatic carbocycles. The lowest BCUT2D eigenvalue weighted by Crippen LogP contribution is -2.20. The number of nitrogens with one attached hydrogen (secondary N) is 1. The maximum atomic E-state index is 12.4. The summed E-state index contributed by atoms with van der Waals surface area (Å²) in [7, 11) is 0. The van der Waals surface area contributed by atoms with Gasteiger partial charge in [-0.05, 0) is 53.9 Å². The second-order valence-electron chi connectivity index (χ2n) is 7.24. The summed E-state index contributed by atoms with van der Waals surface area (Å²) in [6, 6.07) is 20.5. The Morgan fingerprint density at radius 2 is 1.87 bits per heavy atom. The van der Waals surface area contributed by atoms with Crippen LogP contribution in [0.5, 0.6) is 5.75 Å². The fourth-order valence-corrected chi connectivity index (χ4v) is 3.20. The number of carbonyl (C=O) groups excluding carboxylic acids is 1. The van der Waals surface area contributed by atoms with Gasteiger partial charge < -0.3 is 14.5 Å². The second kappa shape index (κ2) is 8.59. The zero-order valence-corrected chi connectivity index (χ0v) is 17.4.